The minimum Gasteiger partial charge on any atom is -0.384 e. The number of rotatable bonds is 6. The number of aliphatic hydroxyl groups excluding tert-OH is 1. The van der Waals surface area contributed by atoms with Crippen LogP contribution in [0.1, 0.15) is 29.2 Å². The monoisotopic (exact) mass is 391 g/mol. The van der Waals surface area contributed by atoms with Gasteiger partial charge in [-0.25, -0.2) is 0 Å². The Kier molecular flexibility index (Phi) is 5.08. The van der Waals surface area contributed by atoms with Crippen LogP contribution < -0.4 is 0 Å². The number of hydrogen-bond acceptors (Lipinski definition) is 1. The van der Waals surface area contributed by atoms with Crippen LogP contribution in [-0.4, -0.2) is 9.67 Å². The fourth-order valence-corrected chi connectivity index (χ4v) is 4.40. The topological polar surface area (TPSA) is 25.2 Å². The molecule has 2 nitrogen and oxygen atoms in total. The largest absolute Gasteiger partial charge is 0.384 e. The van der Waals surface area contributed by atoms with E-state index in [9.17, 15) is 5.11 Å². The predicted molar refractivity (Wildman–Crippen MR) is 125 cm³/mol. The van der Waals surface area contributed by atoms with Crippen LogP contribution in [-0.2, 0) is 13.0 Å². The van der Waals surface area contributed by atoms with Gasteiger partial charge in [0.15, 0.2) is 0 Å². The molecule has 0 aliphatic carbocycles. The average Bonchev–Trinajstić information content (AvgIpc) is 3.13. The highest BCUT2D eigenvalue weighted by Crippen LogP contribution is 2.33. The highest BCUT2D eigenvalue weighted by atomic mass is 16.3. The maximum Gasteiger partial charge on any atom is 0.104 e. The zero-order valence-electron chi connectivity index (χ0n) is 16.9. The van der Waals surface area contributed by atoms with Crippen molar-refractivity contribution in [2.75, 3.05) is 0 Å². The van der Waals surface area contributed by atoms with E-state index in [0.717, 1.165) is 30.5 Å². The van der Waals surface area contributed by atoms with Crippen molar-refractivity contribution in [1.29, 1.82) is 0 Å². The molecule has 5 aromatic rings. The van der Waals surface area contributed by atoms with E-state index >= 15 is 0 Å². The fraction of sp³-hybridized carbons (Fsp3) is 0.143. The van der Waals surface area contributed by atoms with Gasteiger partial charge in [-0.2, -0.15) is 0 Å². The third kappa shape index (κ3) is 3.51. The van der Waals surface area contributed by atoms with Crippen molar-refractivity contribution in [2.45, 2.75) is 25.5 Å². The molecule has 0 amide bonds. The maximum atomic E-state index is 10.9. The van der Waals surface area contributed by atoms with Crippen molar-refractivity contribution in [3.63, 3.8) is 0 Å². The lowest BCUT2D eigenvalue weighted by Crippen LogP contribution is -2.01. The smallest absolute Gasteiger partial charge is 0.104 e. The van der Waals surface area contributed by atoms with Gasteiger partial charge in [-0.05, 0) is 47.7 Å². The molecule has 1 unspecified atom stereocenters. The summed E-state index contributed by atoms with van der Waals surface area (Å²) in [6.45, 7) is 0.972. The van der Waals surface area contributed by atoms with Gasteiger partial charge in [0.2, 0.25) is 0 Å². The van der Waals surface area contributed by atoms with Gasteiger partial charge >= 0.3 is 0 Å². The van der Waals surface area contributed by atoms with Crippen molar-refractivity contribution >= 4 is 21.8 Å². The lowest BCUT2D eigenvalue weighted by atomic mass is 9.99. The van der Waals surface area contributed by atoms with E-state index < -0.39 is 6.10 Å². The van der Waals surface area contributed by atoms with Crippen molar-refractivity contribution in [2.24, 2.45) is 0 Å². The molecule has 5 rings (SSSR count). The Morgan fingerprint density at radius 1 is 0.633 bits per heavy atom. The summed E-state index contributed by atoms with van der Waals surface area (Å²) in [5, 5.41) is 13.3. The van der Waals surface area contributed by atoms with E-state index in [2.05, 4.69) is 77.4 Å². The molecule has 4 aromatic carbocycles. The van der Waals surface area contributed by atoms with Crippen LogP contribution in [0.5, 0.6) is 0 Å². The molecule has 0 spiro atoms. The van der Waals surface area contributed by atoms with E-state index in [1.807, 2.05) is 30.3 Å². The molecule has 1 N–H and O–H groups in total. The summed E-state index contributed by atoms with van der Waals surface area (Å²) in [6.07, 6.45) is 1.54. The number of aliphatic hydroxyl groups is 1. The average molecular weight is 392 g/mol. The molecule has 2 heteroatoms. The van der Waals surface area contributed by atoms with Crippen LogP contribution in [0.15, 0.2) is 103 Å². The third-order valence-corrected chi connectivity index (χ3v) is 5.92. The van der Waals surface area contributed by atoms with Crippen LogP contribution in [0.25, 0.3) is 21.8 Å². The van der Waals surface area contributed by atoms with Gasteiger partial charge in [0.25, 0.3) is 0 Å². The third-order valence-electron chi connectivity index (χ3n) is 5.92. The number of nitrogens with zero attached hydrogens (tertiary/aromatic N) is 1. The van der Waals surface area contributed by atoms with E-state index in [1.165, 1.54) is 27.4 Å². The second-order valence-corrected chi connectivity index (χ2v) is 7.85. The number of fused-ring (bicyclic) bond motifs is 3. The van der Waals surface area contributed by atoms with Gasteiger partial charge in [-0.1, -0.05) is 84.9 Å². The summed E-state index contributed by atoms with van der Waals surface area (Å²) in [6, 6.07) is 35.5. The minimum absolute atomic E-state index is 0.615. The molecular weight excluding hydrogens is 366 g/mol. The second kappa shape index (κ2) is 8.17. The lowest BCUT2D eigenvalue weighted by molar-refractivity contribution is 0.220. The summed E-state index contributed by atoms with van der Waals surface area (Å²) in [4.78, 5) is 0. The normalized spacial score (nSPS) is 12.4. The zero-order valence-corrected chi connectivity index (χ0v) is 16.9. The van der Waals surface area contributed by atoms with Gasteiger partial charge in [-0.3, -0.25) is 0 Å². The molecule has 0 bridgehead atoms. The van der Waals surface area contributed by atoms with Crippen LogP contribution >= 0.6 is 0 Å². The fourth-order valence-electron chi connectivity index (χ4n) is 4.40. The second-order valence-electron chi connectivity index (χ2n) is 7.85. The first-order valence-corrected chi connectivity index (χ1v) is 10.6. The van der Waals surface area contributed by atoms with E-state index in [4.69, 9.17) is 0 Å². The minimum atomic E-state index is -0.615. The van der Waals surface area contributed by atoms with E-state index in [1.54, 1.807) is 0 Å². The van der Waals surface area contributed by atoms with Crippen molar-refractivity contribution in [1.82, 2.24) is 4.57 Å². The Morgan fingerprint density at radius 2 is 1.30 bits per heavy atom. The molecule has 1 aromatic heterocycles. The lowest BCUT2D eigenvalue weighted by Gasteiger charge is -2.12. The summed E-state index contributed by atoms with van der Waals surface area (Å²) >= 11 is 0. The summed E-state index contributed by atoms with van der Waals surface area (Å²) in [7, 11) is 0. The van der Waals surface area contributed by atoms with Crippen LogP contribution in [0.2, 0.25) is 0 Å². The molecular formula is C28H25NO. The molecule has 1 atom stereocenters. The van der Waals surface area contributed by atoms with Gasteiger partial charge in [0.1, 0.15) is 6.10 Å². The predicted octanol–water partition coefficient (Wildman–Crippen LogP) is 6.51. The molecule has 0 saturated heterocycles. The highest BCUT2D eigenvalue weighted by molar-refractivity contribution is 6.08. The zero-order chi connectivity index (χ0) is 20.3. The van der Waals surface area contributed by atoms with Crippen LogP contribution in [0.3, 0.4) is 0 Å². The molecule has 0 radical (unpaired) electrons. The maximum absolute atomic E-state index is 10.9. The first kappa shape index (κ1) is 18.7. The Balaban J connectivity index is 1.51. The number of aromatic nitrogens is 1. The van der Waals surface area contributed by atoms with Crippen molar-refractivity contribution < 1.29 is 5.11 Å². The standard InChI is InChI=1S/C28H25NO/c30-28(22-13-5-2-6-14-22)23-17-18-27-25(20-23)24-15-7-8-16-26(24)29(27)19-9-12-21-10-3-1-4-11-21/h1-8,10-11,13-18,20,28,30H,9,12,19H2. The van der Waals surface area contributed by atoms with Crippen LogP contribution in [0.4, 0.5) is 0 Å². The molecule has 148 valence electrons. The molecule has 0 fully saturated rings. The van der Waals surface area contributed by atoms with Gasteiger partial charge in [0.05, 0.1) is 0 Å². The summed E-state index contributed by atoms with van der Waals surface area (Å²) < 4.78 is 2.42. The molecule has 30 heavy (non-hydrogen) atoms. The Labute approximate surface area is 177 Å². The summed E-state index contributed by atoms with van der Waals surface area (Å²) in [5.74, 6) is 0. The first-order valence-electron chi connectivity index (χ1n) is 10.6. The molecule has 0 aliphatic rings. The SMILES string of the molecule is OC(c1ccccc1)c1ccc2c(c1)c1ccccc1n2CCCc1ccccc1. The number of benzene rings is 4. The van der Waals surface area contributed by atoms with Gasteiger partial charge in [-0.15, -0.1) is 0 Å². The van der Waals surface area contributed by atoms with Gasteiger partial charge in [0, 0.05) is 28.4 Å². The van der Waals surface area contributed by atoms with Crippen LogP contribution in [0, 0.1) is 0 Å². The quantitative estimate of drug-likeness (QED) is 0.351. The Hall–Kier alpha value is -3.36. The van der Waals surface area contributed by atoms with Gasteiger partial charge < -0.3 is 9.67 Å². The number of hydrogen-bond donors (Lipinski definition) is 1. The first-order chi connectivity index (χ1) is 14.8. The summed E-state index contributed by atoms with van der Waals surface area (Å²) in [5.41, 5.74) is 5.72. The van der Waals surface area contributed by atoms with E-state index in [-0.39, 0.29) is 0 Å². The number of para-hydroxylation sites is 1. The Morgan fingerprint density at radius 3 is 2.10 bits per heavy atom. The molecule has 0 aliphatic heterocycles. The Bertz CT molecular complexity index is 1270. The van der Waals surface area contributed by atoms with Crippen molar-refractivity contribution in [3.05, 3.63) is 120 Å². The number of aryl methyl sites for hydroxylation is 2. The molecule has 1 heterocycles. The highest BCUT2D eigenvalue weighted by Gasteiger charge is 2.15. The van der Waals surface area contributed by atoms with E-state index in [0.29, 0.717) is 0 Å². The van der Waals surface area contributed by atoms with Crippen molar-refractivity contribution in [3.8, 4) is 0 Å². The molecule has 0 saturated carbocycles.